The number of hydrogen-bond donors (Lipinski definition) is 1. The molecule has 1 heterocycles. The molecule has 0 radical (unpaired) electrons. The average molecular weight is 315 g/mol. The third-order valence-corrected chi connectivity index (χ3v) is 3.94. The SMILES string of the molecule is CCCC(N)C(=O)N1CCCC1Cc1cccc(F)c1.Cl. The third kappa shape index (κ3) is 4.68. The van der Waals surface area contributed by atoms with Gasteiger partial charge in [0.2, 0.25) is 5.91 Å². The predicted octanol–water partition coefficient (Wildman–Crippen LogP) is 2.91. The molecule has 1 aromatic rings. The third-order valence-electron chi connectivity index (χ3n) is 3.94. The van der Waals surface area contributed by atoms with Crippen molar-refractivity contribution in [2.24, 2.45) is 5.73 Å². The van der Waals surface area contributed by atoms with E-state index < -0.39 is 6.04 Å². The molecule has 2 rings (SSSR count). The van der Waals surface area contributed by atoms with E-state index in [1.807, 2.05) is 17.9 Å². The Bertz CT molecular complexity index is 469. The molecular weight excluding hydrogens is 291 g/mol. The summed E-state index contributed by atoms with van der Waals surface area (Å²) in [4.78, 5) is 14.2. The molecule has 1 saturated heterocycles. The molecule has 1 aliphatic rings. The second-order valence-electron chi connectivity index (χ2n) is 5.56. The number of hydrogen-bond acceptors (Lipinski definition) is 2. The Morgan fingerprint density at radius 3 is 2.95 bits per heavy atom. The highest BCUT2D eigenvalue weighted by molar-refractivity contribution is 5.85. The minimum Gasteiger partial charge on any atom is -0.338 e. The van der Waals surface area contributed by atoms with Crippen LogP contribution in [0, 0.1) is 5.82 Å². The average Bonchev–Trinajstić information content (AvgIpc) is 2.86. The minimum atomic E-state index is -0.395. The van der Waals surface area contributed by atoms with Crippen LogP contribution in [-0.4, -0.2) is 29.4 Å². The summed E-state index contributed by atoms with van der Waals surface area (Å²) in [6, 6.07) is 6.39. The second kappa shape index (κ2) is 8.35. The van der Waals surface area contributed by atoms with Crippen LogP contribution in [0.4, 0.5) is 4.39 Å². The van der Waals surface area contributed by atoms with Gasteiger partial charge in [-0.3, -0.25) is 4.79 Å². The molecule has 1 aliphatic heterocycles. The predicted molar refractivity (Wildman–Crippen MR) is 85.0 cm³/mol. The summed E-state index contributed by atoms with van der Waals surface area (Å²) in [7, 11) is 0. The van der Waals surface area contributed by atoms with E-state index in [1.54, 1.807) is 12.1 Å². The van der Waals surface area contributed by atoms with Crippen LogP contribution in [0.25, 0.3) is 0 Å². The Hall–Kier alpha value is -1.13. The molecule has 0 aromatic heterocycles. The molecule has 0 aliphatic carbocycles. The molecule has 3 nitrogen and oxygen atoms in total. The van der Waals surface area contributed by atoms with Gasteiger partial charge in [-0.25, -0.2) is 4.39 Å². The largest absolute Gasteiger partial charge is 0.338 e. The van der Waals surface area contributed by atoms with Gasteiger partial charge < -0.3 is 10.6 Å². The number of nitrogens with two attached hydrogens (primary N) is 1. The molecule has 1 amide bonds. The van der Waals surface area contributed by atoms with Gasteiger partial charge in [-0.1, -0.05) is 25.5 Å². The minimum absolute atomic E-state index is 0. The maximum Gasteiger partial charge on any atom is 0.239 e. The van der Waals surface area contributed by atoms with E-state index in [9.17, 15) is 9.18 Å². The summed E-state index contributed by atoms with van der Waals surface area (Å²) in [6.45, 7) is 2.80. The van der Waals surface area contributed by atoms with Crippen molar-refractivity contribution in [1.82, 2.24) is 4.90 Å². The van der Waals surface area contributed by atoms with Crippen LogP contribution in [0.5, 0.6) is 0 Å². The van der Waals surface area contributed by atoms with Crippen molar-refractivity contribution in [3.63, 3.8) is 0 Å². The Morgan fingerprint density at radius 2 is 2.29 bits per heavy atom. The Balaban J connectivity index is 0.00000220. The first kappa shape index (κ1) is 17.9. The van der Waals surface area contributed by atoms with Crippen molar-refractivity contribution in [3.8, 4) is 0 Å². The van der Waals surface area contributed by atoms with Gasteiger partial charge in [0.15, 0.2) is 0 Å². The monoisotopic (exact) mass is 314 g/mol. The van der Waals surface area contributed by atoms with Gasteiger partial charge in [-0.05, 0) is 43.4 Å². The van der Waals surface area contributed by atoms with Gasteiger partial charge in [-0.15, -0.1) is 12.4 Å². The molecule has 1 aromatic carbocycles. The Labute approximate surface area is 132 Å². The number of halogens is 2. The lowest BCUT2D eigenvalue weighted by Crippen LogP contribution is -2.46. The molecule has 2 unspecified atom stereocenters. The van der Waals surface area contributed by atoms with Crippen LogP contribution in [-0.2, 0) is 11.2 Å². The molecule has 21 heavy (non-hydrogen) atoms. The molecule has 1 fully saturated rings. The van der Waals surface area contributed by atoms with Crippen LogP contribution < -0.4 is 5.73 Å². The number of rotatable bonds is 5. The van der Waals surface area contributed by atoms with Crippen LogP contribution in [0.15, 0.2) is 24.3 Å². The first-order valence-corrected chi connectivity index (χ1v) is 7.42. The lowest BCUT2D eigenvalue weighted by atomic mass is 10.0. The molecule has 0 spiro atoms. The molecule has 5 heteroatoms. The lowest BCUT2D eigenvalue weighted by molar-refractivity contribution is -0.133. The molecule has 2 N–H and O–H groups in total. The normalized spacial score (nSPS) is 19.2. The highest BCUT2D eigenvalue weighted by atomic mass is 35.5. The maximum absolute atomic E-state index is 13.2. The van der Waals surface area contributed by atoms with Crippen LogP contribution in [0.1, 0.15) is 38.2 Å². The van der Waals surface area contributed by atoms with E-state index in [2.05, 4.69) is 0 Å². The van der Waals surface area contributed by atoms with Crippen molar-refractivity contribution in [2.75, 3.05) is 6.54 Å². The standard InChI is InChI=1S/C16H23FN2O.ClH/c1-2-5-15(18)16(20)19-9-4-8-14(19)11-12-6-3-7-13(17)10-12;/h3,6-7,10,14-15H,2,4-5,8-9,11,18H2,1H3;1H. The van der Waals surface area contributed by atoms with Gasteiger partial charge >= 0.3 is 0 Å². The Morgan fingerprint density at radius 1 is 1.52 bits per heavy atom. The topological polar surface area (TPSA) is 46.3 Å². The van der Waals surface area contributed by atoms with E-state index in [0.717, 1.165) is 37.8 Å². The zero-order valence-electron chi connectivity index (χ0n) is 12.4. The van der Waals surface area contributed by atoms with E-state index in [4.69, 9.17) is 5.73 Å². The van der Waals surface area contributed by atoms with Crippen molar-refractivity contribution in [3.05, 3.63) is 35.6 Å². The van der Waals surface area contributed by atoms with E-state index >= 15 is 0 Å². The fourth-order valence-corrected chi connectivity index (χ4v) is 2.92. The zero-order chi connectivity index (χ0) is 14.5. The van der Waals surface area contributed by atoms with Crippen LogP contribution in [0.3, 0.4) is 0 Å². The quantitative estimate of drug-likeness (QED) is 0.908. The molecule has 0 saturated carbocycles. The number of likely N-dealkylation sites (tertiary alicyclic amines) is 1. The summed E-state index contributed by atoms with van der Waals surface area (Å²) in [5, 5.41) is 0. The van der Waals surface area contributed by atoms with Crippen molar-refractivity contribution < 1.29 is 9.18 Å². The number of carbonyl (C=O) groups is 1. The van der Waals surface area contributed by atoms with Crippen molar-refractivity contribution in [1.29, 1.82) is 0 Å². The zero-order valence-corrected chi connectivity index (χ0v) is 13.2. The Kier molecular flexibility index (Phi) is 7.12. The molecular formula is C16H24ClFN2O. The maximum atomic E-state index is 13.2. The first-order valence-electron chi connectivity index (χ1n) is 7.42. The summed E-state index contributed by atoms with van der Waals surface area (Å²) < 4.78 is 13.2. The number of benzene rings is 1. The molecule has 2 atom stereocenters. The van der Waals surface area contributed by atoms with Gasteiger partial charge in [0, 0.05) is 12.6 Å². The summed E-state index contributed by atoms with van der Waals surface area (Å²) in [5.74, 6) is -0.174. The first-order chi connectivity index (χ1) is 9.61. The van der Waals surface area contributed by atoms with Crippen molar-refractivity contribution >= 4 is 18.3 Å². The highest BCUT2D eigenvalue weighted by Crippen LogP contribution is 2.22. The van der Waals surface area contributed by atoms with Crippen LogP contribution >= 0.6 is 12.4 Å². The van der Waals surface area contributed by atoms with E-state index in [-0.39, 0.29) is 30.2 Å². The van der Waals surface area contributed by atoms with E-state index in [0.29, 0.717) is 6.42 Å². The molecule has 118 valence electrons. The van der Waals surface area contributed by atoms with Gasteiger partial charge in [0.25, 0.3) is 0 Å². The smallest absolute Gasteiger partial charge is 0.239 e. The van der Waals surface area contributed by atoms with Gasteiger partial charge in [0.05, 0.1) is 6.04 Å². The summed E-state index contributed by atoms with van der Waals surface area (Å²) in [6.07, 6.45) is 4.32. The second-order valence-corrected chi connectivity index (χ2v) is 5.56. The fourth-order valence-electron chi connectivity index (χ4n) is 2.92. The fraction of sp³-hybridized carbons (Fsp3) is 0.562. The lowest BCUT2D eigenvalue weighted by Gasteiger charge is -2.27. The van der Waals surface area contributed by atoms with E-state index in [1.165, 1.54) is 6.07 Å². The summed E-state index contributed by atoms with van der Waals surface area (Å²) in [5.41, 5.74) is 6.88. The van der Waals surface area contributed by atoms with Crippen LogP contribution in [0.2, 0.25) is 0 Å². The highest BCUT2D eigenvalue weighted by Gasteiger charge is 2.31. The number of amides is 1. The molecule has 0 bridgehead atoms. The van der Waals surface area contributed by atoms with Gasteiger partial charge in [0.1, 0.15) is 5.82 Å². The summed E-state index contributed by atoms with van der Waals surface area (Å²) >= 11 is 0. The number of nitrogens with zero attached hydrogens (tertiary/aromatic N) is 1. The van der Waals surface area contributed by atoms with Gasteiger partial charge in [-0.2, -0.15) is 0 Å². The van der Waals surface area contributed by atoms with Crippen molar-refractivity contribution in [2.45, 2.75) is 51.1 Å². The number of carbonyl (C=O) groups excluding carboxylic acids is 1.